The summed E-state index contributed by atoms with van der Waals surface area (Å²) in [7, 11) is 0. The van der Waals surface area contributed by atoms with Gasteiger partial charge in [0.2, 0.25) is 0 Å². The highest BCUT2D eigenvalue weighted by molar-refractivity contribution is 5.75. The van der Waals surface area contributed by atoms with Crippen molar-refractivity contribution in [2.75, 3.05) is 0 Å². The van der Waals surface area contributed by atoms with E-state index in [-0.39, 0.29) is 11.6 Å². The van der Waals surface area contributed by atoms with Crippen LogP contribution in [0.1, 0.15) is 13.3 Å². The molecule has 6 heteroatoms. The van der Waals surface area contributed by atoms with Crippen LogP contribution in [0.2, 0.25) is 0 Å². The minimum absolute atomic E-state index is 0.0400. The third-order valence-corrected chi connectivity index (χ3v) is 1.51. The Hall–Kier alpha value is -1.72. The van der Waals surface area contributed by atoms with E-state index < -0.39 is 4.92 Å². The number of ketones is 1. The predicted octanol–water partition coefficient (Wildman–Crippen LogP) is 0.770. The van der Waals surface area contributed by atoms with Crippen molar-refractivity contribution in [2.24, 2.45) is 0 Å². The lowest BCUT2D eigenvalue weighted by Crippen LogP contribution is -2.03. The Morgan fingerprint density at radius 3 is 2.92 bits per heavy atom. The molecular weight excluding hydrogens is 174 g/mol. The van der Waals surface area contributed by atoms with Crippen molar-refractivity contribution in [3.63, 3.8) is 0 Å². The molecule has 6 nitrogen and oxygen atoms in total. The zero-order valence-electron chi connectivity index (χ0n) is 7.14. The smallest absolute Gasteiger partial charge is 0.358 e. The normalized spacial score (nSPS) is 9.92. The topological polar surface area (TPSA) is 78.0 Å². The average molecular weight is 183 g/mol. The molecule has 1 heterocycles. The van der Waals surface area contributed by atoms with Gasteiger partial charge in [0.25, 0.3) is 0 Å². The summed E-state index contributed by atoms with van der Waals surface area (Å²) in [5.41, 5.74) is 0. The molecule has 0 unspecified atom stereocenters. The molecule has 1 rings (SSSR count). The standard InChI is InChI=1S/C7H9N3O3/c1-6(11)2-4-9-5-3-7(8-9)10(12)13/h3,5H,2,4H2,1H3. The summed E-state index contributed by atoms with van der Waals surface area (Å²) in [6.07, 6.45) is 1.83. The van der Waals surface area contributed by atoms with Crippen LogP contribution in [0.25, 0.3) is 0 Å². The first kappa shape index (κ1) is 9.37. The number of hydrogen-bond acceptors (Lipinski definition) is 4. The number of rotatable bonds is 4. The van der Waals surface area contributed by atoms with Gasteiger partial charge in [-0.15, -0.1) is 0 Å². The second-order valence-electron chi connectivity index (χ2n) is 2.65. The van der Waals surface area contributed by atoms with E-state index in [9.17, 15) is 14.9 Å². The maximum atomic E-state index is 10.6. The molecule has 0 atom stereocenters. The van der Waals surface area contributed by atoms with Gasteiger partial charge in [-0.05, 0) is 11.8 Å². The number of nitrogens with zero attached hydrogens (tertiary/aromatic N) is 3. The van der Waals surface area contributed by atoms with E-state index in [4.69, 9.17) is 0 Å². The largest absolute Gasteiger partial charge is 0.389 e. The van der Waals surface area contributed by atoms with Crippen molar-refractivity contribution in [3.8, 4) is 0 Å². The highest BCUT2D eigenvalue weighted by Gasteiger charge is 2.10. The van der Waals surface area contributed by atoms with Gasteiger partial charge in [-0.1, -0.05) is 0 Å². The van der Waals surface area contributed by atoms with Crippen molar-refractivity contribution in [1.29, 1.82) is 0 Å². The van der Waals surface area contributed by atoms with Crippen LogP contribution in [0.15, 0.2) is 12.3 Å². The van der Waals surface area contributed by atoms with Crippen molar-refractivity contribution >= 4 is 11.6 Å². The summed E-state index contributed by atoms with van der Waals surface area (Å²) in [4.78, 5) is 20.2. The molecule has 0 N–H and O–H groups in total. The van der Waals surface area contributed by atoms with E-state index in [1.807, 2.05) is 0 Å². The van der Waals surface area contributed by atoms with Crippen LogP contribution in [0.4, 0.5) is 5.82 Å². The van der Waals surface area contributed by atoms with Gasteiger partial charge in [-0.25, -0.2) is 0 Å². The summed E-state index contributed by atoms with van der Waals surface area (Å²) >= 11 is 0. The van der Waals surface area contributed by atoms with E-state index >= 15 is 0 Å². The highest BCUT2D eigenvalue weighted by atomic mass is 16.6. The first-order valence-corrected chi connectivity index (χ1v) is 3.77. The fraction of sp³-hybridized carbons (Fsp3) is 0.429. The number of carbonyl (C=O) groups excluding carboxylic acids is 1. The fourth-order valence-corrected chi connectivity index (χ4v) is 0.845. The van der Waals surface area contributed by atoms with Gasteiger partial charge < -0.3 is 10.1 Å². The third-order valence-electron chi connectivity index (χ3n) is 1.51. The summed E-state index contributed by atoms with van der Waals surface area (Å²) in [6, 6.07) is 1.31. The molecule has 0 aliphatic rings. The van der Waals surface area contributed by atoms with Crippen molar-refractivity contribution in [3.05, 3.63) is 22.4 Å². The molecule has 70 valence electrons. The van der Waals surface area contributed by atoms with Gasteiger partial charge in [0.15, 0.2) is 0 Å². The van der Waals surface area contributed by atoms with E-state index in [1.54, 1.807) is 0 Å². The molecular formula is C7H9N3O3. The zero-order chi connectivity index (χ0) is 9.84. The second kappa shape index (κ2) is 3.79. The maximum Gasteiger partial charge on any atom is 0.389 e. The van der Waals surface area contributed by atoms with Crippen LogP contribution in [0.5, 0.6) is 0 Å². The van der Waals surface area contributed by atoms with Crippen molar-refractivity contribution in [1.82, 2.24) is 9.78 Å². The summed E-state index contributed by atoms with van der Waals surface area (Å²) in [5.74, 6) is -0.151. The molecule has 0 saturated heterocycles. The molecule has 0 spiro atoms. The molecule has 0 fully saturated rings. The van der Waals surface area contributed by atoms with Crippen LogP contribution in [-0.4, -0.2) is 20.5 Å². The molecule has 0 aliphatic carbocycles. The quantitative estimate of drug-likeness (QED) is 0.510. The van der Waals surface area contributed by atoms with Gasteiger partial charge in [0.1, 0.15) is 5.78 Å². The summed E-state index contributed by atoms with van der Waals surface area (Å²) in [5, 5.41) is 13.9. The molecule has 0 saturated carbocycles. The lowest BCUT2D eigenvalue weighted by atomic mass is 10.3. The third kappa shape index (κ3) is 2.66. The van der Waals surface area contributed by atoms with Gasteiger partial charge in [0, 0.05) is 6.42 Å². The summed E-state index contributed by atoms with van der Waals surface area (Å²) in [6.45, 7) is 1.86. The van der Waals surface area contributed by atoms with Crippen molar-refractivity contribution in [2.45, 2.75) is 19.9 Å². The average Bonchev–Trinajstić information content (AvgIpc) is 2.48. The zero-order valence-corrected chi connectivity index (χ0v) is 7.14. The highest BCUT2D eigenvalue weighted by Crippen LogP contribution is 2.05. The molecule has 0 aliphatic heterocycles. The lowest BCUT2D eigenvalue weighted by molar-refractivity contribution is -0.389. The summed E-state index contributed by atoms with van der Waals surface area (Å²) < 4.78 is 1.39. The van der Waals surface area contributed by atoms with Gasteiger partial charge in [-0.2, -0.15) is 4.68 Å². The number of Topliss-reactive ketones (excluding diaryl/α,β-unsaturated/α-hetero) is 1. The molecule has 0 radical (unpaired) electrons. The van der Waals surface area contributed by atoms with Crippen LogP contribution in [-0.2, 0) is 11.3 Å². The molecule has 1 aromatic rings. The number of hydrogen-bond donors (Lipinski definition) is 0. The monoisotopic (exact) mass is 183 g/mol. The Bertz CT molecular complexity index is 331. The number of aryl methyl sites for hydroxylation is 1. The molecule has 0 amide bonds. The van der Waals surface area contributed by atoms with Gasteiger partial charge in [-0.3, -0.25) is 4.79 Å². The first-order chi connectivity index (χ1) is 6.09. The lowest BCUT2D eigenvalue weighted by Gasteiger charge is -1.91. The number of nitro groups is 1. The Labute approximate surface area is 74.3 Å². The minimum Gasteiger partial charge on any atom is -0.358 e. The molecule has 13 heavy (non-hydrogen) atoms. The number of carbonyl (C=O) groups is 1. The van der Waals surface area contributed by atoms with Crippen molar-refractivity contribution < 1.29 is 9.72 Å². The number of aromatic nitrogens is 2. The minimum atomic E-state index is -0.565. The van der Waals surface area contributed by atoms with Crippen LogP contribution in [0.3, 0.4) is 0 Å². The molecule has 0 bridgehead atoms. The van der Waals surface area contributed by atoms with Gasteiger partial charge >= 0.3 is 5.82 Å². The Balaban J connectivity index is 2.59. The molecule has 0 aromatic carbocycles. The van der Waals surface area contributed by atoms with E-state index in [1.165, 1.54) is 23.9 Å². The predicted molar refractivity (Wildman–Crippen MR) is 44.2 cm³/mol. The fourth-order valence-electron chi connectivity index (χ4n) is 0.845. The van der Waals surface area contributed by atoms with Crippen LogP contribution >= 0.6 is 0 Å². The van der Waals surface area contributed by atoms with E-state index in [2.05, 4.69) is 5.10 Å². The first-order valence-electron chi connectivity index (χ1n) is 3.77. The van der Waals surface area contributed by atoms with Gasteiger partial charge in [0.05, 0.1) is 23.9 Å². The van der Waals surface area contributed by atoms with Crippen LogP contribution in [0, 0.1) is 10.1 Å². The van der Waals surface area contributed by atoms with E-state index in [0.717, 1.165) is 0 Å². The van der Waals surface area contributed by atoms with E-state index in [0.29, 0.717) is 13.0 Å². The second-order valence-corrected chi connectivity index (χ2v) is 2.65. The Morgan fingerprint density at radius 1 is 1.77 bits per heavy atom. The van der Waals surface area contributed by atoms with Crippen LogP contribution < -0.4 is 0 Å². The maximum absolute atomic E-state index is 10.6. The Morgan fingerprint density at radius 2 is 2.46 bits per heavy atom. The molecule has 1 aromatic heterocycles. The SMILES string of the molecule is CC(=O)CCn1ccc([N+](=O)[O-])n1. The Kier molecular flexibility index (Phi) is 2.73.